The summed E-state index contributed by atoms with van der Waals surface area (Å²) in [4.78, 5) is 14.1. The van der Waals surface area contributed by atoms with Gasteiger partial charge in [0.15, 0.2) is 0 Å². The van der Waals surface area contributed by atoms with Crippen molar-refractivity contribution in [1.29, 1.82) is 15.8 Å². The number of rotatable bonds is 6. The number of ether oxygens (including phenoxy) is 1. The fraction of sp³-hybridized carbons (Fsp3) is 0.185. The van der Waals surface area contributed by atoms with Crippen LogP contribution < -0.4 is 10.1 Å². The van der Waals surface area contributed by atoms with Crippen molar-refractivity contribution < 1.29 is 9.53 Å². The van der Waals surface area contributed by atoms with Crippen LogP contribution in [-0.4, -0.2) is 5.91 Å². The second kappa shape index (κ2) is 10.5. The van der Waals surface area contributed by atoms with Crippen molar-refractivity contribution in [3.8, 4) is 24.0 Å². The second-order valence-electron chi connectivity index (χ2n) is 7.75. The zero-order chi connectivity index (χ0) is 23.9. The van der Waals surface area contributed by atoms with Crippen molar-refractivity contribution in [3.05, 3.63) is 86.8 Å². The Labute approximate surface area is 202 Å². The summed E-state index contributed by atoms with van der Waals surface area (Å²) in [6.07, 6.45) is 5.33. The van der Waals surface area contributed by atoms with Crippen molar-refractivity contribution in [3.63, 3.8) is 0 Å². The summed E-state index contributed by atoms with van der Waals surface area (Å²) in [6, 6.07) is 20.6. The van der Waals surface area contributed by atoms with Crippen LogP contribution in [0.5, 0.6) is 5.75 Å². The molecule has 0 spiro atoms. The van der Waals surface area contributed by atoms with Crippen molar-refractivity contribution in [2.45, 2.75) is 32.3 Å². The second-order valence-corrected chi connectivity index (χ2v) is 8.85. The molecule has 1 N–H and O–H groups in total. The van der Waals surface area contributed by atoms with Crippen LogP contribution in [0, 0.1) is 34.0 Å². The number of para-hydroxylation sites is 1. The SMILES string of the molecule is N#C/C(=C\c1ccccc1OCc1ccccc1C#N)C(=O)Nc1sc2c(c1C#N)CCCC2. The summed E-state index contributed by atoms with van der Waals surface area (Å²) in [5, 5.41) is 31.8. The zero-order valence-electron chi connectivity index (χ0n) is 18.3. The van der Waals surface area contributed by atoms with Gasteiger partial charge in [-0.1, -0.05) is 36.4 Å². The summed E-state index contributed by atoms with van der Waals surface area (Å²) >= 11 is 1.42. The number of carbonyl (C=O) groups excluding carboxylic acids is 1. The van der Waals surface area contributed by atoms with Gasteiger partial charge in [-0.3, -0.25) is 4.79 Å². The molecule has 0 radical (unpaired) electrons. The molecule has 6 nitrogen and oxygen atoms in total. The van der Waals surface area contributed by atoms with Crippen molar-refractivity contribution >= 4 is 28.3 Å². The van der Waals surface area contributed by atoms with E-state index in [0.29, 0.717) is 27.4 Å². The van der Waals surface area contributed by atoms with Gasteiger partial charge in [-0.05, 0) is 49.5 Å². The number of carbonyl (C=O) groups is 1. The fourth-order valence-electron chi connectivity index (χ4n) is 3.89. The Morgan fingerprint density at radius 2 is 1.79 bits per heavy atom. The van der Waals surface area contributed by atoms with Crippen LogP contribution in [0.25, 0.3) is 6.08 Å². The number of aryl methyl sites for hydroxylation is 1. The van der Waals surface area contributed by atoms with E-state index in [1.165, 1.54) is 17.4 Å². The molecule has 7 heteroatoms. The van der Waals surface area contributed by atoms with Crippen LogP contribution in [0.3, 0.4) is 0 Å². The van der Waals surface area contributed by atoms with Crippen molar-refractivity contribution in [2.75, 3.05) is 5.32 Å². The molecule has 1 aliphatic rings. The number of nitriles is 3. The molecule has 0 fully saturated rings. The number of amides is 1. The molecule has 166 valence electrons. The minimum absolute atomic E-state index is 0.0938. The highest BCUT2D eigenvalue weighted by atomic mass is 32.1. The van der Waals surface area contributed by atoms with E-state index in [0.717, 1.165) is 41.7 Å². The van der Waals surface area contributed by atoms with Crippen LogP contribution >= 0.6 is 11.3 Å². The van der Waals surface area contributed by atoms with Gasteiger partial charge in [0.05, 0.1) is 17.2 Å². The molecule has 0 unspecified atom stereocenters. The van der Waals surface area contributed by atoms with Crippen LogP contribution in [0.2, 0.25) is 0 Å². The summed E-state index contributed by atoms with van der Waals surface area (Å²) in [5.41, 5.74) is 3.27. The van der Waals surface area contributed by atoms with Crippen LogP contribution in [0.4, 0.5) is 5.00 Å². The van der Waals surface area contributed by atoms with Gasteiger partial charge in [0, 0.05) is 16.0 Å². The smallest absolute Gasteiger partial charge is 0.266 e. The third-order valence-electron chi connectivity index (χ3n) is 5.62. The molecule has 0 aliphatic heterocycles. The largest absolute Gasteiger partial charge is 0.488 e. The van der Waals surface area contributed by atoms with E-state index in [1.54, 1.807) is 36.4 Å². The average Bonchev–Trinajstić information content (AvgIpc) is 3.23. The first-order chi connectivity index (χ1) is 16.6. The molecule has 1 aromatic heterocycles. The molecule has 3 aromatic rings. The highest BCUT2D eigenvalue weighted by Gasteiger charge is 2.23. The van der Waals surface area contributed by atoms with E-state index >= 15 is 0 Å². The van der Waals surface area contributed by atoms with E-state index in [1.807, 2.05) is 18.2 Å². The first kappa shape index (κ1) is 22.8. The minimum atomic E-state index is -0.567. The number of benzene rings is 2. The lowest BCUT2D eigenvalue weighted by Crippen LogP contribution is -2.13. The molecule has 34 heavy (non-hydrogen) atoms. The number of fused-ring (bicyclic) bond motifs is 1. The lowest BCUT2D eigenvalue weighted by Gasteiger charge is -2.11. The van der Waals surface area contributed by atoms with Gasteiger partial charge in [0.2, 0.25) is 0 Å². The highest BCUT2D eigenvalue weighted by molar-refractivity contribution is 7.16. The predicted molar refractivity (Wildman–Crippen MR) is 130 cm³/mol. The molecule has 1 aliphatic carbocycles. The lowest BCUT2D eigenvalue weighted by atomic mass is 9.96. The number of thiophene rings is 1. The van der Waals surface area contributed by atoms with E-state index in [9.17, 15) is 20.6 Å². The summed E-state index contributed by atoms with van der Waals surface area (Å²) in [5.74, 6) is -0.0812. The molecular weight excluding hydrogens is 444 g/mol. The monoisotopic (exact) mass is 464 g/mol. The van der Waals surface area contributed by atoms with Gasteiger partial charge in [-0.25, -0.2) is 0 Å². The van der Waals surface area contributed by atoms with Gasteiger partial charge in [0.1, 0.15) is 35.1 Å². The number of nitrogens with zero attached hydrogens (tertiary/aromatic N) is 3. The van der Waals surface area contributed by atoms with Crippen LogP contribution in [0.1, 0.15) is 45.5 Å². The number of hydrogen-bond acceptors (Lipinski definition) is 6. The summed E-state index contributed by atoms with van der Waals surface area (Å²) < 4.78 is 5.92. The lowest BCUT2D eigenvalue weighted by molar-refractivity contribution is -0.112. The van der Waals surface area contributed by atoms with Gasteiger partial charge in [-0.15, -0.1) is 11.3 Å². The van der Waals surface area contributed by atoms with Gasteiger partial charge >= 0.3 is 0 Å². The minimum Gasteiger partial charge on any atom is -0.488 e. The van der Waals surface area contributed by atoms with Gasteiger partial charge in [0.25, 0.3) is 5.91 Å². The third-order valence-corrected chi connectivity index (χ3v) is 6.82. The third kappa shape index (κ3) is 4.84. The zero-order valence-corrected chi connectivity index (χ0v) is 19.1. The van der Waals surface area contributed by atoms with Crippen LogP contribution in [0.15, 0.2) is 54.1 Å². The Morgan fingerprint density at radius 1 is 1.03 bits per heavy atom. The predicted octanol–water partition coefficient (Wildman–Crippen LogP) is 5.49. The molecule has 1 heterocycles. The Morgan fingerprint density at radius 3 is 2.59 bits per heavy atom. The standard InChI is InChI=1S/C27H20N4O2S/c28-14-19-8-1-2-9-20(19)17-33-24-11-5-3-7-18(24)13-21(15-29)26(32)31-27-23(16-30)22-10-4-6-12-25(22)34-27/h1-3,5,7-9,11,13H,4,6,10,12,17H2,(H,31,32)/b21-13+. The Bertz CT molecular complexity index is 1400. The molecule has 2 aromatic carbocycles. The Kier molecular flexibility index (Phi) is 7.04. The summed E-state index contributed by atoms with van der Waals surface area (Å²) in [7, 11) is 0. The van der Waals surface area contributed by atoms with E-state index in [4.69, 9.17) is 4.74 Å². The molecule has 1 amide bonds. The number of hydrogen-bond donors (Lipinski definition) is 1. The molecule has 0 atom stereocenters. The van der Waals surface area contributed by atoms with E-state index in [-0.39, 0.29) is 12.2 Å². The number of nitrogens with one attached hydrogen (secondary N) is 1. The topological polar surface area (TPSA) is 110 Å². The maximum absolute atomic E-state index is 12.9. The highest BCUT2D eigenvalue weighted by Crippen LogP contribution is 2.37. The molecular formula is C27H20N4O2S. The maximum Gasteiger partial charge on any atom is 0.266 e. The number of anilines is 1. The molecule has 0 saturated heterocycles. The maximum atomic E-state index is 12.9. The molecule has 4 rings (SSSR count). The Hall–Kier alpha value is -4.38. The van der Waals surface area contributed by atoms with Crippen molar-refractivity contribution in [1.82, 2.24) is 0 Å². The van der Waals surface area contributed by atoms with Gasteiger partial charge < -0.3 is 10.1 Å². The average molecular weight is 465 g/mol. The van der Waals surface area contributed by atoms with Crippen LogP contribution in [-0.2, 0) is 24.2 Å². The summed E-state index contributed by atoms with van der Waals surface area (Å²) in [6.45, 7) is 0.176. The normalized spacial score (nSPS) is 12.6. The van der Waals surface area contributed by atoms with Crippen molar-refractivity contribution in [2.24, 2.45) is 0 Å². The molecule has 0 saturated carbocycles. The first-order valence-corrected chi connectivity index (χ1v) is 11.6. The quantitative estimate of drug-likeness (QED) is 0.383. The fourth-order valence-corrected chi connectivity index (χ4v) is 5.12. The van der Waals surface area contributed by atoms with Gasteiger partial charge in [-0.2, -0.15) is 15.8 Å². The first-order valence-electron chi connectivity index (χ1n) is 10.8. The van der Waals surface area contributed by atoms with E-state index in [2.05, 4.69) is 17.5 Å². The van der Waals surface area contributed by atoms with E-state index < -0.39 is 5.91 Å². The molecule has 0 bridgehead atoms. The Balaban J connectivity index is 1.56.